The van der Waals surface area contributed by atoms with E-state index in [4.69, 9.17) is 4.52 Å². The number of aryl methyl sites for hydroxylation is 1. The zero-order chi connectivity index (χ0) is 13.8. The van der Waals surface area contributed by atoms with Crippen molar-refractivity contribution < 1.29 is 4.52 Å². The maximum atomic E-state index is 5.40. The second kappa shape index (κ2) is 5.97. The van der Waals surface area contributed by atoms with E-state index in [9.17, 15) is 0 Å². The Bertz CT molecular complexity index is 691. The van der Waals surface area contributed by atoms with Crippen LogP contribution in [-0.2, 0) is 5.75 Å². The Balaban J connectivity index is 1.69. The minimum Gasteiger partial charge on any atom is -0.360 e. The molecule has 0 fully saturated rings. The van der Waals surface area contributed by atoms with E-state index in [1.54, 1.807) is 11.8 Å². The van der Waals surface area contributed by atoms with Gasteiger partial charge >= 0.3 is 0 Å². The molecule has 0 spiro atoms. The summed E-state index contributed by atoms with van der Waals surface area (Å²) in [5.41, 5.74) is 3.26. The van der Waals surface area contributed by atoms with Crippen LogP contribution in [0.25, 0.3) is 11.3 Å². The van der Waals surface area contributed by atoms with Gasteiger partial charge < -0.3 is 4.52 Å². The topological polar surface area (TPSA) is 26.0 Å². The van der Waals surface area contributed by atoms with Crippen LogP contribution >= 0.6 is 11.8 Å². The van der Waals surface area contributed by atoms with Crippen LogP contribution in [0, 0.1) is 6.92 Å². The van der Waals surface area contributed by atoms with Crippen LogP contribution in [0.5, 0.6) is 0 Å². The van der Waals surface area contributed by atoms with E-state index in [1.807, 2.05) is 36.4 Å². The predicted molar refractivity (Wildman–Crippen MR) is 82.7 cm³/mol. The van der Waals surface area contributed by atoms with Gasteiger partial charge in [0.2, 0.25) is 0 Å². The molecular weight excluding hydrogens is 266 g/mol. The highest BCUT2D eigenvalue weighted by atomic mass is 32.2. The van der Waals surface area contributed by atoms with Crippen LogP contribution in [0.3, 0.4) is 0 Å². The van der Waals surface area contributed by atoms with Gasteiger partial charge in [0.15, 0.2) is 0 Å². The van der Waals surface area contributed by atoms with Gasteiger partial charge in [0.25, 0.3) is 0 Å². The summed E-state index contributed by atoms with van der Waals surface area (Å²) >= 11 is 1.76. The van der Waals surface area contributed by atoms with Gasteiger partial charge in [-0.25, -0.2) is 0 Å². The molecule has 0 aliphatic carbocycles. The minimum atomic E-state index is 0.795. The molecule has 3 rings (SSSR count). The smallest absolute Gasteiger partial charge is 0.147 e. The maximum Gasteiger partial charge on any atom is 0.147 e. The Labute approximate surface area is 122 Å². The number of rotatable bonds is 4. The third-order valence-corrected chi connectivity index (χ3v) is 4.02. The number of hydrogen-bond donors (Lipinski definition) is 0. The van der Waals surface area contributed by atoms with Gasteiger partial charge in [0.05, 0.1) is 5.75 Å². The Kier molecular flexibility index (Phi) is 3.88. The zero-order valence-corrected chi connectivity index (χ0v) is 12.1. The van der Waals surface area contributed by atoms with E-state index >= 15 is 0 Å². The van der Waals surface area contributed by atoms with E-state index in [0.717, 1.165) is 22.8 Å². The third-order valence-electron chi connectivity index (χ3n) is 3.00. The molecule has 1 aromatic heterocycles. The Hall–Kier alpha value is -2.00. The first-order valence-corrected chi connectivity index (χ1v) is 7.50. The van der Waals surface area contributed by atoms with E-state index in [2.05, 4.69) is 36.3 Å². The fourth-order valence-corrected chi connectivity index (χ4v) is 2.87. The van der Waals surface area contributed by atoms with Gasteiger partial charge in [-0.05, 0) is 19.1 Å². The molecule has 0 aliphatic rings. The summed E-state index contributed by atoms with van der Waals surface area (Å²) in [4.78, 5) is 1.25. The summed E-state index contributed by atoms with van der Waals surface area (Å²) in [5, 5.41) is 4.13. The predicted octanol–water partition coefficient (Wildman–Crippen LogP) is 4.94. The fourth-order valence-electron chi connectivity index (χ4n) is 1.99. The molecule has 3 heteroatoms. The summed E-state index contributed by atoms with van der Waals surface area (Å²) in [6, 6.07) is 20.6. The Morgan fingerprint density at radius 1 is 1.00 bits per heavy atom. The lowest BCUT2D eigenvalue weighted by molar-refractivity contribution is 0.397. The molecule has 0 saturated heterocycles. The first-order valence-electron chi connectivity index (χ1n) is 6.52. The standard InChI is InChI=1S/C17H15NOS/c1-13-6-5-9-16(10-13)20-12-15-11-17(18-19-15)14-7-3-2-4-8-14/h2-11H,12H2,1H3. The molecule has 0 unspecified atom stereocenters. The zero-order valence-electron chi connectivity index (χ0n) is 11.2. The number of aromatic nitrogens is 1. The average molecular weight is 281 g/mol. The van der Waals surface area contributed by atoms with Crippen molar-refractivity contribution in [2.45, 2.75) is 17.6 Å². The number of nitrogens with zero attached hydrogens (tertiary/aromatic N) is 1. The van der Waals surface area contributed by atoms with Crippen molar-refractivity contribution in [3.8, 4) is 11.3 Å². The van der Waals surface area contributed by atoms with Crippen molar-refractivity contribution in [3.05, 3.63) is 72.0 Å². The van der Waals surface area contributed by atoms with Gasteiger partial charge in [-0.1, -0.05) is 53.2 Å². The lowest BCUT2D eigenvalue weighted by Gasteiger charge is -1.99. The van der Waals surface area contributed by atoms with E-state index in [-0.39, 0.29) is 0 Å². The highest BCUT2D eigenvalue weighted by molar-refractivity contribution is 7.98. The van der Waals surface area contributed by atoms with Crippen LogP contribution in [0.4, 0.5) is 0 Å². The Morgan fingerprint density at radius 2 is 1.85 bits per heavy atom. The van der Waals surface area contributed by atoms with Crippen LogP contribution in [0.2, 0.25) is 0 Å². The largest absolute Gasteiger partial charge is 0.360 e. The van der Waals surface area contributed by atoms with Gasteiger partial charge in [-0.3, -0.25) is 0 Å². The van der Waals surface area contributed by atoms with Crippen LogP contribution in [-0.4, -0.2) is 5.16 Å². The molecule has 0 atom stereocenters. The number of thioether (sulfide) groups is 1. The first-order chi connectivity index (χ1) is 9.81. The molecule has 0 radical (unpaired) electrons. The monoisotopic (exact) mass is 281 g/mol. The normalized spacial score (nSPS) is 10.7. The van der Waals surface area contributed by atoms with Crippen molar-refractivity contribution in [1.29, 1.82) is 0 Å². The third kappa shape index (κ3) is 3.11. The summed E-state index contributed by atoms with van der Waals surface area (Å²) in [5.74, 6) is 1.69. The molecule has 0 saturated carbocycles. The molecule has 3 aromatic rings. The SMILES string of the molecule is Cc1cccc(SCc2cc(-c3ccccc3)no2)c1. The van der Waals surface area contributed by atoms with E-state index < -0.39 is 0 Å². The number of hydrogen-bond acceptors (Lipinski definition) is 3. The summed E-state index contributed by atoms with van der Waals surface area (Å²) in [6.07, 6.45) is 0. The Morgan fingerprint density at radius 3 is 2.65 bits per heavy atom. The highest BCUT2D eigenvalue weighted by Gasteiger charge is 2.06. The summed E-state index contributed by atoms with van der Waals surface area (Å²) in [6.45, 7) is 2.10. The lowest BCUT2D eigenvalue weighted by atomic mass is 10.1. The van der Waals surface area contributed by atoms with E-state index in [0.29, 0.717) is 0 Å². The molecule has 2 aromatic carbocycles. The summed E-state index contributed by atoms with van der Waals surface area (Å²) in [7, 11) is 0. The van der Waals surface area contributed by atoms with Crippen molar-refractivity contribution in [2.24, 2.45) is 0 Å². The quantitative estimate of drug-likeness (QED) is 0.633. The molecule has 0 bridgehead atoms. The second-order valence-corrected chi connectivity index (χ2v) is 5.70. The molecule has 2 nitrogen and oxygen atoms in total. The van der Waals surface area contributed by atoms with E-state index in [1.165, 1.54) is 10.5 Å². The average Bonchev–Trinajstić information content (AvgIpc) is 2.95. The molecule has 0 aliphatic heterocycles. The molecule has 0 N–H and O–H groups in total. The van der Waals surface area contributed by atoms with Gasteiger partial charge in [0.1, 0.15) is 11.5 Å². The molecule has 100 valence electrons. The van der Waals surface area contributed by atoms with Crippen molar-refractivity contribution in [3.63, 3.8) is 0 Å². The second-order valence-electron chi connectivity index (χ2n) is 4.65. The van der Waals surface area contributed by atoms with Crippen LogP contribution in [0.1, 0.15) is 11.3 Å². The van der Waals surface area contributed by atoms with Crippen molar-refractivity contribution in [1.82, 2.24) is 5.16 Å². The van der Waals surface area contributed by atoms with Crippen LogP contribution < -0.4 is 0 Å². The maximum absolute atomic E-state index is 5.40. The van der Waals surface area contributed by atoms with Crippen LogP contribution in [0.15, 0.2) is 70.1 Å². The molecule has 20 heavy (non-hydrogen) atoms. The first kappa shape index (κ1) is 13.0. The molecule has 1 heterocycles. The van der Waals surface area contributed by atoms with Gasteiger partial charge in [-0.2, -0.15) is 0 Å². The molecular formula is C17H15NOS. The van der Waals surface area contributed by atoms with Gasteiger partial charge in [-0.15, -0.1) is 11.8 Å². The molecule has 0 amide bonds. The van der Waals surface area contributed by atoms with Crippen molar-refractivity contribution in [2.75, 3.05) is 0 Å². The minimum absolute atomic E-state index is 0.795. The fraction of sp³-hybridized carbons (Fsp3) is 0.118. The lowest BCUT2D eigenvalue weighted by Crippen LogP contribution is -1.78. The van der Waals surface area contributed by atoms with Crippen molar-refractivity contribution >= 4 is 11.8 Å². The number of benzene rings is 2. The highest BCUT2D eigenvalue weighted by Crippen LogP contribution is 2.26. The summed E-state index contributed by atoms with van der Waals surface area (Å²) < 4.78 is 5.40. The van der Waals surface area contributed by atoms with Gasteiger partial charge in [0, 0.05) is 16.5 Å².